The molecule has 2 unspecified atom stereocenters. The molecular weight excluding hydrogens is 488 g/mol. The van der Waals surface area contributed by atoms with Gasteiger partial charge >= 0.3 is 0 Å². The minimum Gasteiger partial charge on any atom is -0.350 e. The molecule has 0 bridgehead atoms. The summed E-state index contributed by atoms with van der Waals surface area (Å²) in [6.07, 6.45) is 8.86. The lowest BCUT2D eigenvalue weighted by Crippen LogP contribution is -2.31. The summed E-state index contributed by atoms with van der Waals surface area (Å²) in [5.41, 5.74) is 9.29. The number of fused-ring (bicyclic) bond motifs is 1. The number of allylic oxidation sites excluding steroid dienone is 1. The topological polar surface area (TPSA) is 110 Å². The van der Waals surface area contributed by atoms with E-state index in [2.05, 4.69) is 38.7 Å². The van der Waals surface area contributed by atoms with Crippen LogP contribution in [-0.2, 0) is 0 Å². The van der Waals surface area contributed by atoms with Crippen molar-refractivity contribution >= 4 is 23.1 Å². The zero-order chi connectivity index (χ0) is 27.0. The van der Waals surface area contributed by atoms with Crippen molar-refractivity contribution in [2.45, 2.75) is 51.6 Å². The molecule has 10 heteroatoms. The molecule has 2 atom stereocenters. The second-order valence-corrected chi connectivity index (χ2v) is 9.95. The van der Waals surface area contributed by atoms with Crippen LogP contribution < -0.4 is 16.4 Å². The van der Waals surface area contributed by atoms with Gasteiger partial charge in [-0.05, 0) is 75.4 Å². The van der Waals surface area contributed by atoms with Gasteiger partial charge in [0.2, 0.25) is 5.95 Å². The van der Waals surface area contributed by atoms with Gasteiger partial charge < -0.3 is 16.4 Å². The van der Waals surface area contributed by atoms with E-state index in [9.17, 15) is 9.18 Å². The fourth-order valence-corrected chi connectivity index (χ4v) is 4.93. The monoisotopic (exact) mass is 517 g/mol. The molecule has 0 saturated heterocycles. The van der Waals surface area contributed by atoms with Gasteiger partial charge in [-0.3, -0.25) is 9.78 Å². The maximum Gasteiger partial charge on any atom is 0.254 e. The minimum absolute atomic E-state index is 0.0191. The minimum atomic E-state index is -0.976. The number of nitrogens with two attached hydrogens (primary N) is 1. The van der Waals surface area contributed by atoms with Gasteiger partial charge in [-0.1, -0.05) is 11.6 Å². The number of anilines is 2. The highest BCUT2D eigenvalue weighted by molar-refractivity contribution is 5.96. The summed E-state index contributed by atoms with van der Waals surface area (Å²) < 4.78 is 31.7. The molecule has 1 aliphatic rings. The summed E-state index contributed by atoms with van der Waals surface area (Å²) in [6.45, 7) is 5.60. The zero-order valence-corrected chi connectivity index (χ0v) is 21.4. The number of halogens is 2. The Hall–Kier alpha value is -4.18. The van der Waals surface area contributed by atoms with Crippen molar-refractivity contribution < 1.29 is 13.6 Å². The molecule has 0 spiro atoms. The lowest BCUT2D eigenvalue weighted by molar-refractivity contribution is 0.0939. The molecule has 0 aliphatic heterocycles. The van der Waals surface area contributed by atoms with E-state index in [0.717, 1.165) is 36.2 Å². The van der Waals surface area contributed by atoms with E-state index in [1.54, 1.807) is 38.5 Å². The van der Waals surface area contributed by atoms with Crippen LogP contribution >= 0.6 is 0 Å². The average molecular weight is 518 g/mol. The maximum atomic E-state index is 15.4. The third kappa shape index (κ3) is 4.99. The molecular formula is C28H29F2N7O. The number of pyridine rings is 1. The zero-order valence-electron chi connectivity index (χ0n) is 21.4. The number of hydrogen-bond donors (Lipinski definition) is 3. The van der Waals surface area contributed by atoms with Crippen LogP contribution in [0.25, 0.3) is 16.8 Å². The van der Waals surface area contributed by atoms with Crippen molar-refractivity contribution in [3.05, 3.63) is 83.3 Å². The van der Waals surface area contributed by atoms with Gasteiger partial charge in [0.25, 0.3) is 5.91 Å². The SMILES string of the molecule is CC1=CC(N)CC(c2ccncc2Nc2ncc3ccc(-c4c(F)ccc(C(=O)NC(C)C)c4F)nn23)C1. The number of carbonyl (C=O) groups excluding carboxylic acids is 1. The van der Waals surface area contributed by atoms with Gasteiger partial charge in [-0.2, -0.15) is 9.61 Å². The highest BCUT2D eigenvalue weighted by atomic mass is 19.1. The van der Waals surface area contributed by atoms with Crippen LogP contribution in [0.3, 0.4) is 0 Å². The first kappa shape index (κ1) is 25.5. The molecule has 3 heterocycles. The third-order valence-electron chi connectivity index (χ3n) is 6.56. The number of carbonyl (C=O) groups is 1. The highest BCUT2D eigenvalue weighted by Crippen LogP contribution is 2.36. The molecule has 1 aromatic carbocycles. The normalized spacial score (nSPS) is 17.5. The molecule has 8 nitrogen and oxygen atoms in total. The second-order valence-electron chi connectivity index (χ2n) is 9.95. The lowest BCUT2D eigenvalue weighted by Gasteiger charge is -2.27. The van der Waals surface area contributed by atoms with Crippen LogP contribution in [-0.4, -0.2) is 37.6 Å². The summed E-state index contributed by atoms with van der Waals surface area (Å²) in [5.74, 6) is -1.86. The summed E-state index contributed by atoms with van der Waals surface area (Å²) in [4.78, 5) is 21.2. The first-order chi connectivity index (χ1) is 18.2. The number of hydrogen-bond acceptors (Lipinski definition) is 6. The number of nitrogens with one attached hydrogen (secondary N) is 2. The number of benzene rings is 1. The van der Waals surface area contributed by atoms with Crippen LogP contribution in [0.15, 0.2) is 60.6 Å². The second kappa shape index (κ2) is 10.3. The van der Waals surface area contributed by atoms with Crippen molar-refractivity contribution in [2.24, 2.45) is 5.73 Å². The van der Waals surface area contributed by atoms with Crippen molar-refractivity contribution in [3.8, 4) is 11.3 Å². The van der Waals surface area contributed by atoms with Crippen molar-refractivity contribution in [1.82, 2.24) is 24.9 Å². The van der Waals surface area contributed by atoms with E-state index >= 15 is 4.39 Å². The summed E-state index contributed by atoms with van der Waals surface area (Å²) in [6, 6.07) is 7.11. The van der Waals surface area contributed by atoms with E-state index in [4.69, 9.17) is 5.73 Å². The average Bonchev–Trinajstić information content (AvgIpc) is 3.25. The molecule has 38 heavy (non-hydrogen) atoms. The number of amides is 1. The molecule has 5 rings (SSSR count). The van der Waals surface area contributed by atoms with E-state index in [1.807, 2.05) is 6.07 Å². The van der Waals surface area contributed by atoms with E-state index < -0.39 is 17.5 Å². The van der Waals surface area contributed by atoms with Crippen molar-refractivity contribution in [3.63, 3.8) is 0 Å². The lowest BCUT2D eigenvalue weighted by atomic mass is 9.82. The number of nitrogens with zero attached hydrogens (tertiary/aromatic N) is 4. The van der Waals surface area contributed by atoms with Gasteiger partial charge in [0.05, 0.1) is 40.4 Å². The van der Waals surface area contributed by atoms with Crippen LogP contribution in [0.4, 0.5) is 20.4 Å². The Labute approximate surface area is 219 Å². The first-order valence-corrected chi connectivity index (χ1v) is 12.5. The molecule has 0 radical (unpaired) electrons. The number of aromatic nitrogens is 4. The Balaban J connectivity index is 1.52. The largest absolute Gasteiger partial charge is 0.350 e. The van der Waals surface area contributed by atoms with Crippen LogP contribution in [0, 0.1) is 11.6 Å². The van der Waals surface area contributed by atoms with Gasteiger partial charge in [-0.15, -0.1) is 0 Å². The quantitative estimate of drug-likeness (QED) is 0.307. The van der Waals surface area contributed by atoms with Gasteiger partial charge in [0.1, 0.15) is 11.6 Å². The highest BCUT2D eigenvalue weighted by Gasteiger charge is 2.24. The standard InChI is InChI=1S/C28H29F2N7O/c1-15(2)34-27(38)21-5-6-22(29)25(26(21)30)23-7-4-19-13-33-28(37(19)36-23)35-24-14-32-9-8-20(24)17-10-16(3)11-18(31)12-17/h4-9,11,13-15,17-18H,10,12,31H2,1-3H3,(H,33,35)(H,34,38). The summed E-state index contributed by atoms with van der Waals surface area (Å²) >= 11 is 0. The third-order valence-corrected chi connectivity index (χ3v) is 6.56. The predicted molar refractivity (Wildman–Crippen MR) is 142 cm³/mol. The fourth-order valence-electron chi connectivity index (χ4n) is 4.93. The molecule has 1 amide bonds. The molecule has 0 fully saturated rings. The Morgan fingerprint density at radius 2 is 1.97 bits per heavy atom. The first-order valence-electron chi connectivity index (χ1n) is 12.5. The Kier molecular flexibility index (Phi) is 6.90. The maximum absolute atomic E-state index is 15.4. The molecule has 1 aliphatic carbocycles. The number of rotatable bonds is 6. The van der Waals surface area contributed by atoms with E-state index in [-0.39, 0.29) is 34.8 Å². The summed E-state index contributed by atoms with van der Waals surface area (Å²) in [7, 11) is 0. The predicted octanol–water partition coefficient (Wildman–Crippen LogP) is 5.10. The molecule has 4 aromatic rings. The smallest absolute Gasteiger partial charge is 0.254 e. The van der Waals surface area contributed by atoms with Crippen molar-refractivity contribution in [1.29, 1.82) is 0 Å². The van der Waals surface area contributed by atoms with Crippen LogP contribution in [0.1, 0.15) is 55.5 Å². The van der Waals surface area contributed by atoms with Gasteiger partial charge in [-0.25, -0.2) is 13.8 Å². The summed E-state index contributed by atoms with van der Waals surface area (Å²) in [5, 5.41) is 10.4. The van der Waals surface area contributed by atoms with E-state index in [1.165, 1.54) is 16.2 Å². The Bertz CT molecular complexity index is 1550. The van der Waals surface area contributed by atoms with Crippen molar-refractivity contribution in [2.75, 3.05) is 5.32 Å². The van der Waals surface area contributed by atoms with Gasteiger partial charge in [0, 0.05) is 18.3 Å². The number of imidazole rings is 1. The fraction of sp³-hybridized carbons (Fsp3) is 0.286. The molecule has 196 valence electrons. The molecule has 0 saturated carbocycles. The van der Waals surface area contributed by atoms with Crippen LogP contribution in [0.2, 0.25) is 0 Å². The molecule has 3 aromatic heterocycles. The Morgan fingerprint density at radius 1 is 1.16 bits per heavy atom. The van der Waals surface area contributed by atoms with Crippen LogP contribution in [0.5, 0.6) is 0 Å². The van der Waals surface area contributed by atoms with Gasteiger partial charge in [0.15, 0.2) is 0 Å². The van der Waals surface area contributed by atoms with E-state index in [0.29, 0.717) is 11.5 Å². The molecule has 4 N–H and O–H groups in total. The Morgan fingerprint density at radius 3 is 2.74 bits per heavy atom.